The van der Waals surface area contributed by atoms with Gasteiger partial charge < -0.3 is 5.11 Å². The maximum Gasteiger partial charge on any atom is 0.328 e. The molecule has 0 aromatic heterocycles. The van der Waals surface area contributed by atoms with E-state index in [9.17, 15) is 9.18 Å². The molecule has 0 bridgehead atoms. The molecule has 1 N–H and O–H groups in total. The second-order valence-electron chi connectivity index (χ2n) is 4.58. The van der Waals surface area contributed by atoms with Gasteiger partial charge in [0.25, 0.3) is 0 Å². The minimum absolute atomic E-state index is 0.252. The van der Waals surface area contributed by atoms with E-state index in [1.54, 1.807) is 12.1 Å². The van der Waals surface area contributed by atoms with E-state index in [0.717, 1.165) is 33.2 Å². The molecule has 3 heteroatoms. The summed E-state index contributed by atoms with van der Waals surface area (Å²) < 4.78 is 13.2. The van der Waals surface area contributed by atoms with Gasteiger partial charge in [0.05, 0.1) is 0 Å². The minimum atomic E-state index is -0.973. The van der Waals surface area contributed by atoms with Gasteiger partial charge in [0, 0.05) is 6.08 Å². The highest BCUT2D eigenvalue weighted by atomic mass is 19.1. The summed E-state index contributed by atoms with van der Waals surface area (Å²) in [5.41, 5.74) is 0.821. The van der Waals surface area contributed by atoms with Gasteiger partial charge >= 0.3 is 5.97 Å². The Balaban J connectivity index is 2.19. The van der Waals surface area contributed by atoms with Gasteiger partial charge in [-0.1, -0.05) is 30.3 Å². The molecule has 3 aromatic rings. The highest BCUT2D eigenvalue weighted by Gasteiger charge is 2.02. The van der Waals surface area contributed by atoms with Crippen molar-refractivity contribution in [2.75, 3.05) is 0 Å². The first-order valence-corrected chi connectivity index (χ1v) is 6.16. The Bertz CT molecular complexity index is 850. The van der Waals surface area contributed by atoms with Crippen LogP contribution < -0.4 is 0 Å². The summed E-state index contributed by atoms with van der Waals surface area (Å²) in [7, 11) is 0. The van der Waals surface area contributed by atoms with Gasteiger partial charge in [-0.05, 0) is 51.4 Å². The summed E-state index contributed by atoms with van der Waals surface area (Å²) in [5.74, 6) is -1.23. The third kappa shape index (κ3) is 2.26. The van der Waals surface area contributed by atoms with E-state index in [-0.39, 0.29) is 5.82 Å². The van der Waals surface area contributed by atoms with Crippen LogP contribution in [0.3, 0.4) is 0 Å². The monoisotopic (exact) mass is 266 g/mol. The normalized spacial score (nSPS) is 11.4. The van der Waals surface area contributed by atoms with Gasteiger partial charge in [-0.15, -0.1) is 0 Å². The number of benzene rings is 3. The number of halogens is 1. The van der Waals surface area contributed by atoms with Crippen molar-refractivity contribution in [3.8, 4) is 0 Å². The Hall–Kier alpha value is -2.68. The Morgan fingerprint density at radius 2 is 1.60 bits per heavy atom. The molecule has 0 aliphatic rings. The highest BCUT2D eigenvalue weighted by molar-refractivity contribution is 6.08. The van der Waals surface area contributed by atoms with Crippen molar-refractivity contribution < 1.29 is 14.3 Å². The van der Waals surface area contributed by atoms with E-state index in [1.165, 1.54) is 12.1 Å². The van der Waals surface area contributed by atoms with Crippen molar-refractivity contribution in [2.45, 2.75) is 0 Å². The molecule has 0 saturated heterocycles. The van der Waals surface area contributed by atoms with E-state index in [4.69, 9.17) is 5.11 Å². The first-order valence-electron chi connectivity index (χ1n) is 6.16. The lowest BCUT2D eigenvalue weighted by Crippen LogP contribution is -1.86. The quantitative estimate of drug-likeness (QED) is 0.556. The van der Waals surface area contributed by atoms with Crippen LogP contribution in [0.1, 0.15) is 5.56 Å². The Labute approximate surface area is 114 Å². The zero-order chi connectivity index (χ0) is 14.1. The summed E-state index contributed by atoms with van der Waals surface area (Å²) >= 11 is 0. The van der Waals surface area contributed by atoms with Crippen LogP contribution in [-0.2, 0) is 4.79 Å². The summed E-state index contributed by atoms with van der Waals surface area (Å²) in [5, 5.41) is 12.5. The smallest absolute Gasteiger partial charge is 0.328 e. The number of carbonyl (C=O) groups is 1. The van der Waals surface area contributed by atoms with E-state index < -0.39 is 5.97 Å². The third-order valence-electron chi connectivity index (χ3n) is 3.24. The zero-order valence-corrected chi connectivity index (χ0v) is 10.5. The molecule has 0 unspecified atom stereocenters. The van der Waals surface area contributed by atoms with E-state index in [1.807, 2.05) is 30.3 Å². The molecule has 3 aromatic carbocycles. The summed E-state index contributed by atoms with van der Waals surface area (Å²) in [4.78, 5) is 10.5. The molecule has 20 heavy (non-hydrogen) atoms. The molecule has 0 atom stereocenters. The fraction of sp³-hybridized carbons (Fsp3) is 0. The molecule has 0 amide bonds. The van der Waals surface area contributed by atoms with Gasteiger partial charge in [-0.25, -0.2) is 9.18 Å². The fourth-order valence-corrected chi connectivity index (χ4v) is 2.33. The zero-order valence-electron chi connectivity index (χ0n) is 10.5. The molecule has 3 rings (SSSR count). The predicted molar refractivity (Wildman–Crippen MR) is 78.1 cm³/mol. The standard InChI is InChI=1S/C17H11FO2/c18-14-5-7-16-13(10-14)4-3-12-9-11(1-6-15(12)16)2-8-17(19)20/h1-10H,(H,19,20)/b8-2+. The van der Waals surface area contributed by atoms with Crippen molar-refractivity contribution in [1.82, 2.24) is 0 Å². The lowest BCUT2D eigenvalue weighted by Gasteiger charge is -2.05. The lowest BCUT2D eigenvalue weighted by molar-refractivity contribution is -0.131. The van der Waals surface area contributed by atoms with E-state index in [2.05, 4.69) is 0 Å². The molecule has 0 heterocycles. The molecule has 98 valence electrons. The van der Waals surface area contributed by atoms with Crippen molar-refractivity contribution >= 4 is 33.6 Å². The SMILES string of the molecule is O=C(O)/C=C/c1ccc2c(ccc3cc(F)ccc32)c1. The van der Waals surface area contributed by atoms with Gasteiger partial charge in [0.1, 0.15) is 5.82 Å². The first-order chi connectivity index (χ1) is 9.63. The molecule has 0 aliphatic carbocycles. The number of fused-ring (bicyclic) bond motifs is 3. The van der Waals surface area contributed by atoms with Gasteiger partial charge in [0.15, 0.2) is 0 Å². The van der Waals surface area contributed by atoms with E-state index >= 15 is 0 Å². The molecular weight excluding hydrogens is 255 g/mol. The van der Waals surface area contributed by atoms with Crippen molar-refractivity contribution in [3.05, 3.63) is 66.0 Å². The lowest BCUT2D eigenvalue weighted by atomic mass is 10.00. The summed E-state index contributed by atoms with van der Waals surface area (Å²) in [6.45, 7) is 0. The van der Waals surface area contributed by atoms with Crippen LogP contribution in [0, 0.1) is 5.82 Å². The van der Waals surface area contributed by atoms with Crippen LogP contribution in [0.15, 0.2) is 54.6 Å². The van der Waals surface area contributed by atoms with E-state index in [0.29, 0.717) is 0 Å². The molecule has 0 spiro atoms. The first kappa shape index (κ1) is 12.4. The van der Waals surface area contributed by atoms with Crippen LogP contribution in [0.2, 0.25) is 0 Å². The van der Waals surface area contributed by atoms with Crippen LogP contribution in [0.5, 0.6) is 0 Å². The number of carboxylic acids is 1. The number of hydrogen-bond donors (Lipinski definition) is 1. The van der Waals surface area contributed by atoms with Crippen molar-refractivity contribution in [2.24, 2.45) is 0 Å². The number of hydrogen-bond acceptors (Lipinski definition) is 1. The maximum absolute atomic E-state index is 13.2. The fourth-order valence-electron chi connectivity index (χ4n) is 2.33. The molecular formula is C17H11FO2. The number of rotatable bonds is 2. The Morgan fingerprint density at radius 1 is 0.950 bits per heavy atom. The van der Waals surface area contributed by atoms with Gasteiger partial charge in [0.2, 0.25) is 0 Å². The molecule has 0 aliphatic heterocycles. The van der Waals surface area contributed by atoms with Crippen molar-refractivity contribution in [1.29, 1.82) is 0 Å². The van der Waals surface area contributed by atoms with Gasteiger partial charge in [-0.3, -0.25) is 0 Å². The van der Waals surface area contributed by atoms with Gasteiger partial charge in [-0.2, -0.15) is 0 Å². The highest BCUT2D eigenvalue weighted by Crippen LogP contribution is 2.27. The Morgan fingerprint density at radius 3 is 2.30 bits per heavy atom. The van der Waals surface area contributed by atoms with Crippen LogP contribution in [0.4, 0.5) is 4.39 Å². The molecule has 0 saturated carbocycles. The predicted octanol–water partition coefficient (Wildman–Crippen LogP) is 4.23. The molecule has 0 radical (unpaired) electrons. The maximum atomic E-state index is 13.2. The van der Waals surface area contributed by atoms with Crippen molar-refractivity contribution in [3.63, 3.8) is 0 Å². The average Bonchev–Trinajstić information content (AvgIpc) is 2.44. The summed E-state index contributed by atoms with van der Waals surface area (Å²) in [6.07, 6.45) is 2.66. The number of aliphatic carboxylic acids is 1. The summed E-state index contributed by atoms with van der Waals surface area (Å²) in [6, 6.07) is 14.2. The molecule has 2 nitrogen and oxygen atoms in total. The minimum Gasteiger partial charge on any atom is -0.478 e. The Kier molecular flexibility index (Phi) is 2.95. The largest absolute Gasteiger partial charge is 0.478 e. The van der Waals surface area contributed by atoms with Crippen LogP contribution >= 0.6 is 0 Å². The van der Waals surface area contributed by atoms with Crippen LogP contribution in [-0.4, -0.2) is 11.1 Å². The third-order valence-corrected chi connectivity index (χ3v) is 3.24. The average molecular weight is 266 g/mol. The number of carboxylic acid groups (broad SMARTS) is 1. The van der Waals surface area contributed by atoms with Crippen LogP contribution in [0.25, 0.3) is 27.6 Å². The second-order valence-corrected chi connectivity index (χ2v) is 4.58. The second kappa shape index (κ2) is 4.78. The molecule has 0 fully saturated rings. The topological polar surface area (TPSA) is 37.3 Å².